The van der Waals surface area contributed by atoms with Crippen molar-refractivity contribution in [3.05, 3.63) is 0 Å². The van der Waals surface area contributed by atoms with E-state index in [0.717, 1.165) is 17.8 Å². The standard InChI is InChI=1S/C13H24N.H2O/c1-14(2,3)13-7-10-4-11(8-13)6-12(5-10)9-13;/h10-12H,4-9H2,1-3H3;1H2/q+1;. The average Bonchev–Trinajstić information content (AvgIpc) is 1.98. The highest BCUT2D eigenvalue weighted by Gasteiger charge is 2.57. The fourth-order valence-corrected chi connectivity index (χ4v) is 4.89. The molecule has 4 aliphatic carbocycles. The van der Waals surface area contributed by atoms with E-state index >= 15 is 0 Å². The lowest BCUT2D eigenvalue weighted by molar-refractivity contribution is -0.930. The predicted molar refractivity (Wildman–Crippen MR) is 62.5 cm³/mol. The molecule has 0 radical (unpaired) electrons. The maximum absolute atomic E-state index is 2.42. The molecule has 0 spiro atoms. The van der Waals surface area contributed by atoms with Crippen molar-refractivity contribution in [3.8, 4) is 0 Å². The minimum atomic E-state index is 0. The fourth-order valence-electron chi connectivity index (χ4n) is 4.89. The summed E-state index contributed by atoms with van der Waals surface area (Å²) in [7, 11) is 7.27. The summed E-state index contributed by atoms with van der Waals surface area (Å²) >= 11 is 0. The minimum absolute atomic E-state index is 0. The lowest BCUT2D eigenvalue weighted by Gasteiger charge is -2.61. The molecule has 0 aromatic heterocycles. The third-order valence-corrected chi connectivity index (χ3v) is 5.43. The molecular formula is C13H26NO+. The number of quaternary nitrogens is 1. The summed E-state index contributed by atoms with van der Waals surface area (Å²) in [6.45, 7) is 0. The Morgan fingerprint density at radius 2 is 1.13 bits per heavy atom. The summed E-state index contributed by atoms with van der Waals surface area (Å²) in [5.74, 6) is 3.29. The van der Waals surface area contributed by atoms with Crippen LogP contribution in [0.2, 0.25) is 0 Å². The van der Waals surface area contributed by atoms with Gasteiger partial charge in [-0.3, -0.25) is 0 Å². The van der Waals surface area contributed by atoms with Crippen LogP contribution in [-0.2, 0) is 0 Å². The molecule has 0 aromatic carbocycles. The fraction of sp³-hybridized carbons (Fsp3) is 1.00. The van der Waals surface area contributed by atoms with Crippen molar-refractivity contribution in [1.29, 1.82) is 0 Å². The second-order valence-electron chi connectivity index (χ2n) is 7.15. The maximum atomic E-state index is 2.42. The Hall–Kier alpha value is -0.0800. The van der Waals surface area contributed by atoms with Gasteiger partial charge in [-0.05, 0) is 37.0 Å². The third kappa shape index (κ3) is 1.53. The van der Waals surface area contributed by atoms with Gasteiger partial charge in [0, 0.05) is 19.3 Å². The summed E-state index contributed by atoms with van der Waals surface area (Å²) < 4.78 is 1.22. The van der Waals surface area contributed by atoms with Crippen molar-refractivity contribution in [2.45, 2.75) is 44.1 Å². The molecule has 88 valence electrons. The minimum Gasteiger partial charge on any atom is -0.412 e. The van der Waals surface area contributed by atoms with E-state index in [2.05, 4.69) is 21.1 Å². The predicted octanol–water partition coefficient (Wildman–Crippen LogP) is 1.84. The van der Waals surface area contributed by atoms with Crippen molar-refractivity contribution < 1.29 is 9.96 Å². The lowest BCUT2D eigenvalue weighted by Crippen LogP contribution is -2.65. The van der Waals surface area contributed by atoms with Gasteiger partial charge in [0.25, 0.3) is 0 Å². The molecule has 0 amide bonds. The van der Waals surface area contributed by atoms with E-state index in [0.29, 0.717) is 5.54 Å². The van der Waals surface area contributed by atoms with Crippen molar-refractivity contribution in [2.24, 2.45) is 17.8 Å². The van der Waals surface area contributed by atoms with Gasteiger partial charge in [-0.15, -0.1) is 0 Å². The first-order valence-electron chi connectivity index (χ1n) is 6.30. The SMILES string of the molecule is C[N+](C)(C)C12CC3CC(CC(C3)C1)C2.O. The smallest absolute Gasteiger partial charge is 0.0994 e. The first-order chi connectivity index (χ1) is 6.48. The Morgan fingerprint density at radius 3 is 1.40 bits per heavy atom. The van der Waals surface area contributed by atoms with Crippen LogP contribution < -0.4 is 0 Å². The van der Waals surface area contributed by atoms with Crippen molar-refractivity contribution in [1.82, 2.24) is 0 Å². The van der Waals surface area contributed by atoms with Gasteiger partial charge in [-0.1, -0.05) is 0 Å². The summed E-state index contributed by atoms with van der Waals surface area (Å²) in [6.07, 6.45) is 9.30. The van der Waals surface area contributed by atoms with Crippen LogP contribution in [0.1, 0.15) is 38.5 Å². The Morgan fingerprint density at radius 1 is 0.800 bits per heavy atom. The van der Waals surface area contributed by atoms with Crippen LogP contribution in [0.4, 0.5) is 0 Å². The molecule has 0 heterocycles. The first-order valence-corrected chi connectivity index (χ1v) is 6.30. The number of nitrogens with zero attached hydrogens (tertiary/aromatic N) is 1. The van der Waals surface area contributed by atoms with E-state index in [-0.39, 0.29) is 5.48 Å². The highest BCUT2D eigenvalue weighted by molar-refractivity contribution is 5.02. The molecule has 4 bridgehead atoms. The van der Waals surface area contributed by atoms with Gasteiger partial charge in [-0.2, -0.15) is 0 Å². The average molecular weight is 212 g/mol. The molecule has 0 atom stereocenters. The zero-order valence-corrected chi connectivity index (χ0v) is 10.4. The summed E-state index contributed by atoms with van der Waals surface area (Å²) in [5, 5.41) is 0. The molecular weight excluding hydrogens is 186 g/mol. The molecule has 4 saturated carbocycles. The highest BCUT2D eigenvalue weighted by atomic mass is 16.0. The topological polar surface area (TPSA) is 31.5 Å². The van der Waals surface area contributed by atoms with E-state index in [1.165, 1.54) is 23.7 Å². The van der Waals surface area contributed by atoms with Gasteiger partial charge in [0.05, 0.1) is 26.7 Å². The molecule has 2 heteroatoms. The molecule has 4 fully saturated rings. The molecule has 15 heavy (non-hydrogen) atoms. The molecule has 4 aliphatic rings. The summed E-state index contributed by atoms with van der Waals surface area (Å²) in [4.78, 5) is 0. The first kappa shape index (κ1) is 11.4. The van der Waals surface area contributed by atoms with E-state index in [9.17, 15) is 0 Å². The summed E-state index contributed by atoms with van der Waals surface area (Å²) in [6, 6.07) is 0. The van der Waals surface area contributed by atoms with Gasteiger partial charge in [0.15, 0.2) is 0 Å². The van der Waals surface area contributed by atoms with Crippen molar-refractivity contribution >= 4 is 0 Å². The van der Waals surface area contributed by atoms with Crippen LogP contribution in [-0.4, -0.2) is 36.6 Å². The number of rotatable bonds is 1. The van der Waals surface area contributed by atoms with Gasteiger partial charge in [0.1, 0.15) is 0 Å². The second kappa shape index (κ2) is 3.21. The van der Waals surface area contributed by atoms with Crippen molar-refractivity contribution in [3.63, 3.8) is 0 Å². The van der Waals surface area contributed by atoms with E-state index in [1.54, 1.807) is 19.3 Å². The molecule has 0 aliphatic heterocycles. The Labute approximate surface area is 93.6 Å². The van der Waals surface area contributed by atoms with Gasteiger partial charge in [-0.25, -0.2) is 0 Å². The lowest BCUT2D eigenvalue weighted by atomic mass is 9.52. The monoisotopic (exact) mass is 212 g/mol. The van der Waals surface area contributed by atoms with Crippen LogP contribution in [0.25, 0.3) is 0 Å². The number of hydrogen-bond acceptors (Lipinski definition) is 0. The quantitative estimate of drug-likeness (QED) is 0.594. The highest BCUT2D eigenvalue weighted by Crippen LogP contribution is 2.58. The Bertz CT molecular complexity index is 218. The van der Waals surface area contributed by atoms with E-state index in [4.69, 9.17) is 0 Å². The van der Waals surface area contributed by atoms with E-state index in [1.807, 2.05) is 0 Å². The summed E-state index contributed by atoms with van der Waals surface area (Å²) in [5.41, 5.74) is 0.675. The van der Waals surface area contributed by atoms with Gasteiger partial charge >= 0.3 is 0 Å². The molecule has 4 rings (SSSR count). The van der Waals surface area contributed by atoms with Gasteiger partial charge < -0.3 is 9.96 Å². The molecule has 0 saturated heterocycles. The third-order valence-electron chi connectivity index (χ3n) is 5.43. The zero-order valence-electron chi connectivity index (χ0n) is 10.4. The van der Waals surface area contributed by atoms with Crippen LogP contribution in [0.15, 0.2) is 0 Å². The van der Waals surface area contributed by atoms with Crippen molar-refractivity contribution in [2.75, 3.05) is 21.1 Å². The van der Waals surface area contributed by atoms with Gasteiger partial charge in [0.2, 0.25) is 0 Å². The molecule has 0 unspecified atom stereocenters. The number of hydrogen-bond donors (Lipinski definition) is 0. The van der Waals surface area contributed by atoms with Crippen LogP contribution in [0, 0.1) is 17.8 Å². The molecule has 2 nitrogen and oxygen atoms in total. The largest absolute Gasteiger partial charge is 0.412 e. The van der Waals surface area contributed by atoms with Crippen LogP contribution in [0.5, 0.6) is 0 Å². The second-order valence-corrected chi connectivity index (χ2v) is 7.15. The molecule has 0 aromatic rings. The normalized spacial score (nSPS) is 47.8. The maximum Gasteiger partial charge on any atom is 0.0994 e. The van der Waals surface area contributed by atoms with Crippen LogP contribution >= 0.6 is 0 Å². The Kier molecular flexibility index (Phi) is 2.44. The zero-order chi connectivity index (χ0) is 9.97. The van der Waals surface area contributed by atoms with Crippen LogP contribution in [0.3, 0.4) is 0 Å². The Balaban J connectivity index is 0.000000853. The molecule has 2 N–H and O–H groups in total. The van der Waals surface area contributed by atoms with E-state index < -0.39 is 0 Å².